The van der Waals surface area contributed by atoms with Crippen LogP contribution >= 0.6 is 11.3 Å². The predicted molar refractivity (Wildman–Crippen MR) is 83.1 cm³/mol. The molecule has 1 saturated heterocycles. The zero-order chi connectivity index (χ0) is 13.9. The lowest BCUT2D eigenvalue weighted by molar-refractivity contribution is -0.126. The Morgan fingerprint density at radius 2 is 2.20 bits per heavy atom. The molecule has 110 valence electrons. The van der Waals surface area contributed by atoms with Crippen molar-refractivity contribution in [3.05, 3.63) is 22.4 Å². The number of carbonyl (C=O) groups is 1. The molecule has 3 nitrogen and oxygen atoms in total. The summed E-state index contributed by atoms with van der Waals surface area (Å²) in [6.45, 7) is 5.16. The van der Waals surface area contributed by atoms with E-state index < -0.39 is 0 Å². The lowest BCUT2D eigenvalue weighted by atomic mass is 10.1. The molecule has 4 heteroatoms. The first-order valence-electron chi connectivity index (χ1n) is 7.81. The summed E-state index contributed by atoms with van der Waals surface area (Å²) in [7, 11) is 0. The van der Waals surface area contributed by atoms with E-state index in [0.29, 0.717) is 11.8 Å². The summed E-state index contributed by atoms with van der Waals surface area (Å²) in [5.74, 6) is 1.29. The van der Waals surface area contributed by atoms with E-state index in [2.05, 4.69) is 34.7 Å². The average Bonchev–Trinajstić information content (AvgIpc) is 2.96. The van der Waals surface area contributed by atoms with Crippen LogP contribution in [0.4, 0.5) is 0 Å². The molecule has 2 heterocycles. The number of likely N-dealkylation sites (tertiary alicyclic amines) is 1. The predicted octanol–water partition coefficient (Wildman–Crippen LogP) is 2.84. The van der Waals surface area contributed by atoms with Crippen LogP contribution in [0.25, 0.3) is 0 Å². The molecule has 0 spiro atoms. The van der Waals surface area contributed by atoms with Gasteiger partial charge in [0.1, 0.15) is 0 Å². The molecule has 1 aromatic rings. The van der Waals surface area contributed by atoms with Gasteiger partial charge in [-0.05, 0) is 56.1 Å². The number of thiophene rings is 1. The Morgan fingerprint density at radius 3 is 2.80 bits per heavy atom. The van der Waals surface area contributed by atoms with Crippen molar-refractivity contribution >= 4 is 17.2 Å². The summed E-state index contributed by atoms with van der Waals surface area (Å²) in [5.41, 5.74) is 0. The fraction of sp³-hybridized carbons (Fsp3) is 0.688. The van der Waals surface area contributed by atoms with Gasteiger partial charge in [0.25, 0.3) is 0 Å². The molecule has 0 radical (unpaired) electrons. The van der Waals surface area contributed by atoms with Gasteiger partial charge in [-0.2, -0.15) is 0 Å². The normalized spacial score (nSPS) is 22.6. The van der Waals surface area contributed by atoms with E-state index in [0.717, 1.165) is 19.6 Å². The lowest BCUT2D eigenvalue weighted by Crippen LogP contribution is -2.47. The Morgan fingerprint density at radius 1 is 1.45 bits per heavy atom. The molecule has 0 aromatic carbocycles. The number of hydrogen-bond acceptors (Lipinski definition) is 3. The SMILES string of the molecule is C[C@@H](CNC(=O)[C@H](C1CC1)N1CCCC1)c1cccs1. The third-order valence-corrected chi connectivity index (χ3v) is 5.59. The highest BCUT2D eigenvalue weighted by Crippen LogP contribution is 2.36. The molecule has 3 rings (SSSR count). The molecule has 1 amide bonds. The molecule has 1 N–H and O–H groups in total. The molecule has 0 unspecified atom stereocenters. The summed E-state index contributed by atoms with van der Waals surface area (Å²) < 4.78 is 0. The third kappa shape index (κ3) is 3.23. The molecule has 2 aliphatic rings. The minimum atomic E-state index is 0.146. The van der Waals surface area contributed by atoms with E-state index in [1.54, 1.807) is 11.3 Å². The Labute approximate surface area is 125 Å². The van der Waals surface area contributed by atoms with Gasteiger partial charge in [-0.25, -0.2) is 0 Å². The maximum Gasteiger partial charge on any atom is 0.237 e. The van der Waals surface area contributed by atoms with Gasteiger partial charge in [0, 0.05) is 17.3 Å². The standard InChI is InChI=1S/C16H24N2OS/c1-12(14-5-4-10-20-14)11-17-16(19)15(13-6-7-13)18-8-2-3-9-18/h4-5,10,12-13,15H,2-3,6-9,11H2,1H3,(H,17,19)/t12-,15-/m0/s1. The van der Waals surface area contributed by atoms with E-state index in [1.807, 2.05) is 0 Å². The molecule has 1 aromatic heterocycles. The average molecular weight is 292 g/mol. The summed E-state index contributed by atoms with van der Waals surface area (Å²) in [6, 6.07) is 4.38. The van der Waals surface area contributed by atoms with Gasteiger partial charge < -0.3 is 5.32 Å². The van der Waals surface area contributed by atoms with Crippen LogP contribution in [0, 0.1) is 5.92 Å². The van der Waals surface area contributed by atoms with E-state index in [1.165, 1.54) is 30.6 Å². The van der Waals surface area contributed by atoms with Crippen molar-refractivity contribution in [3.8, 4) is 0 Å². The number of rotatable bonds is 6. The van der Waals surface area contributed by atoms with E-state index in [-0.39, 0.29) is 11.9 Å². The van der Waals surface area contributed by atoms with Gasteiger partial charge in [-0.1, -0.05) is 13.0 Å². The summed E-state index contributed by atoms with van der Waals surface area (Å²) in [6.07, 6.45) is 4.97. The van der Waals surface area contributed by atoms with Crippen LogP contribution in [0.5, 0.6) is 0 Å². The molecular formula is C16H24N2OS. The molecule has 1 aliphatic heterocycles. The van der Waals surface area contributed by atoms with Gasteiger partial charge in [0.05, 0.1) is 6.04 Å². The quantitative estimate of drug-likeness (QED) is 0.874. The zero-order valence-electron chi connectivity index (χ0n) is 12.2. The van der Waals surface area contributed by atoms with Gasteiger partial charge in [-0.15, -0.1) is 11.3 Å². The lowest BCUT2D eigenvalue weighted by Gasteiger charge is -2.27. The topological polar surface area (TPSA) is 32.3 Å². The summed E-state index contributed by atoms with van der Waals surface area (Å²) in [4.78, 5) is 16.3. The van der Waals surface area contributed by atoms with Gasteiger partial charge in [-0.3, -0.25) is 9.69 Å². The molecule has 1 aliphatic carbocycles. The van der Waals surface area contributed by atoms with E-state index in [4.69, 9.17) is 0 Å². The largest absolute Gasteiger partial charge is 0.354 e. The second-order valence-electron chi connectivity index (χ2n) is 6.19. The summed E-state index contributed by atoms with van der Waals surface area (Å²) in [5, 5.41) is 5.30. The summed E-state index contributed by atoms with van der Waals surface area (Å²) >= 11 is 1.77. The van der Waals surface area contributed by atoms with Crippen molar-refractivity contribution in [1.82, 2.24) is 10.2 Å². The molecule has 20 heavy (non-hydrogen) atoms. The van der Waals surface area contributed by atoms with Crippen molar-refractivity contribution in [2.75, 3.05) is 19.6 Å². The second-order valence-corrected chi connectivity index (χ2v) is 7.17. The van der Waals surface area contributed by atoms with Crippen LogP contribution in [0.1, 0.15) is 43.4 Å². The molecule has 2 fully saturated rings. The maximum atomic E-state index is 12.5. The molecular weight excluding hydrogens is 268 g/mol. The van der Waals surface area contributed by atoms with Crippen LogP contribution in [0.15, 0.2) is 17.5 Å². The van der Waals surface area contributed by atoms with Gasteiger partial charge >= 0.3 is 0 Å². The Kier molecular flexibility index (Phi) is 4.41. The van der Waals surface area contributed by atoms with Crippen LogP contribution in [0.2, 0.25) is 0 Å². The van der Waals surface area contributed by atoms with Crippen molar-refractivity contribution < 1.29 is 4.79 Å². The van der Waals surface area contributed by atoms with Crippen molar-refractivity contribution in [2.45, 2.75) is 44.6 Å². The van der Waals surface area contributed by atoms with Gasteiger partial charge in [0.2, 0.25) is 5.91 Å². The monoisotopic (exact) mass is 292 g/mol. The Bertz CT molecular complexity index is 435. The number of nitrogens with one attached hydrogen (secondary N) is 1. The Balaban J connectivity index is 1.54. The highest BCUT2D eigenvalue weighted by molar-refractivity contribution is 7.10. The number of hydrogen-bond donors (Lipinski definition) is 1. The first kappa shape index (κ1) is 14.1. The van der Waals surface area contributed by atoms with Crippen LogP contribution < -0.4 is 5.32 Å². The minimum absolute atomic E-state index is 0.146. The second kappa shape index (κ2) is 6.27. The van der Waals surface area contributed by atoms with Crippen molar-refractivity contribution in [2.24, 2.45) is 5.92 Å². The number of carbonyl (C=O) groups excluding carboxylic acids is 1. The highest BCUT2D eigenvalue weighted by atomic mass is 32.1. The number of nitrogens with zero attached hydrogens (tertiary/aromatic N) is 1. The van der Waals surface area contributed by atoms with Gasteiger partial charge in [0.15, 0.2) is 0 Å². The third-order valence-electron chi connectivity index (χ3n) is 4.48. The first-order valence-corrected chi connectivity index (χ1v) is 8.69. The van der Waals surface area contributed by atoms with Crippen molar-refractivity contribution in [1.29, 1.82) is 0 Å². The van der Waals surface area contributed by atoms with Crippen LogP contribution in [-0.2, 0) is 4.79 Å². The highest BCUT2D eigenvalue weighted by Gasteiger charge is 2.40. The van der Waals surface area contributed by atoms with Crippen LogP contribution in [-0.4, -0.2) is 36.5 Å². The first-order chi connectivity index (χ1) is 9.75. The Hall–Kier alpha value is -0.870. The zero-order valence-corrected chi connectivity index (χ0v) is 13.0. The molecule has 0 bridgehead atoms. The molecule has 1 saturated carbocycles. The van der Waals surface area contributed by atoms with Crippen LogP contribution in [0.3, 0.4) is 0 Å². The van der Waals surface area contributed by atoms with E-state index >= 15 is 0 Å². The smallest absolute Gasteiger partial charge is 0.237 e. The fourth-order valence-electron chi connectivity index (χ4n) is 3.14. The van der Waals surface area contributed by atoms with Crippen molar-refractivity contribution in [3.63, 3.8) is 0 Å². The molecule has 2 atom stereocenters. The number of amides is 1. The van der Waals surface area contributed by atoms with E-state index in [9.17, 15) is 4.79 Å². The maximum absolute atomic E-state index is 12.5. The minimum Gasteiger partial charge on any atom is -0.354 e. The fourth-order valence-corrected chi connectivity index (χ4v) is 3.93.